The van der Waals surface area contributed by atoms with Crippen LogP contribution in [0.4, 0.5) is 24.5 Å². The topological polar surface area (TPSA) is 60.2 Å². The fourth-order valence-corrected chi connectivity index (χ4v) is 2.12. The molecule has 0 unspecified atom stereocenters. The van der Waals surface area contributed by atoms with Crippen LogP contribution < -0.4 is 11.1 Å². The summed E-state index contributed by atoms with van der Waals surface area (Å²) in [5.74, 6) is 0. The number of halogens is 3. The average molecular weight is 289 g/mol. The van der Waals surface area contributed by atoms with E-state index in [1.807, 2.05) is 0 Å². The van der Waals surface area contributed by atoms with Crippen LogP contribution in [0.15, 0.2) is 12.3 Å². The maximum absolute atomic E-state index is 12.6. The van der Waals surface area contributed by atoms with Crippen molar-refractivity contribution in [2.75, 3.05) is 30.8 Å². The Bertz CT molecular complexity index is 470. The maximum atomic E-state index is 12.6. The van der Waals surface area contributed by atoms with Gasteiger partial charge < -0.3 is 15.8 Å². The monoisotopic (exact) mass is 289 g/mol. The Kier molecular flexibility index (Phi) is 4.08. The largest absolute Gasteiger partial charge is 0.433 e. The van der Waals surface area contributed by atoms with Crippen molar-refractivity contribution in [3.63, 3.8) is 0 Å². The molecule has 0 amide bonds. The van der Waals surface area contributed by atoms with Crippen molar-refractivity contribution in [1.29, 1.82) is 0 Å². The van der Waals surface area contributed by atoms with E-state index in [-0.39, 0.29) is 16.8 Å². The van der Waals surface area contributed by atoms with Crippen LogP contribution in [0.2, 0.25) is 0 Å². The van der Waals surface area contributed by atoms with Crippen molar-refractivity contribution in [2.24, 2.45) is 5.41 Å². The molecule has 0 saturated carbocycles. The number of nitrogen functional groups attached to an aromatic ring is 1. The number of alkyl halides is 3. The molecule has 0 atom stereocenters. The second-order valence-corrected chi connectivity index (χ2v) is 5.43. The summed E-state index contributed by atoms with van der Waals surface area (Å²) < 4.78 is 43.2. The zero-order valence-electron chi connectivity index (χ0n) is 11.3. The maximum Gasteiger partial charge on any atom is 0.433 e. The third-order valence-corrected chi connectivity index (χ3v) is 3.63. The first-order valence-electron chi connectivity index (χ1n) is 6.45. The summed E-state index contributed by atoms with van der Waals surface area (Å²) in [6, 6.07) is 0.956. The van der Waals surface area contributed by atoms with Crippen molar-refractivity contribution >= 4 is 11.4 Å². The molecular formula is C13H18F3N3O. The van der Waals surface area contributed by atoms with Crippen LogP contribution >= 0.6 is 0 Å². The summed E-state index contributed by atoms with van der Waals surface area (Å²) in [5, 5.41) is 3.02. The molecule has 2 heterocycles. The van der Waals surface area contributed by atoms with Crippen LogP contribution in [-0.4, -0.2) is 24.7 Å². The zero-order valence-corrected chi connectivity index (χ0v) is 11.3. The lowest BCUT2D eigenvalue weighted by atomic mass is 9.82. The third-order valence-electron chi connectivity index (χ3n) is 3.63. The minimum absolute atomic E-state index is 0.00631. The third kappa shape index (κ3) is 3.53. The van der Waals surface area contributed by atoms with Gasteiger partial charge in [-0.1, -0.05) is 6.92 Å². The van der Waals surface area contributed by atoms with Crippen molar-refractivity contribution in [3.8, 4) is 0 Å². The number of ether oxygens (including phenoxy) is 1. The molecule has 20 heavy (non-hydrogen) atoms. The summed E-state index contributed by atoms with van der Waals surface area (Å²) in [6.45, 7) is 4.00. The number of hydrogen-bond donors (Lipinski definition) is 2. The predicted molar refractivity (Wildman–Crippen MR) is 70.3 cm³/mol. The van der Waals surface area contributed by atoms with Gasteiger partial charge in [-0.25, -0.2) is 4.98 Å². The summed E-state index contributed by atoms with van der Waals surface area (Å²) >= 11 is 0. The molecule has 1 saturated heterocycles. The molecule has 4 nitrogen and oxygen atoms in total. The molecule has 7 heteroatoms. The molecule has 112 valence electrons. The fraction of sp³-hybridized carbons (Fsp3) is 0.615. The summed E-state index contributed by atoms with van der Waals surface area (Å²) in [4.78, 5) is 3.31. The SMILES string of the molecule is CC1(CNc2cc(C(F)(F)F)ncc2N)CCOCC1. The van der Waals surface area contributed by atoms with Gasteiger partial charge in [0.1, 0.15) is 5.69 Å². The van der Waals surface area contributed by atoms with Crippen molar-refractivity contribution in [3.05, 3.63) is 18.0 Å². The van der Waals surface area contributed by atoms with Gasteiger partial charge in [-0.05, 0) is 24.3 Å². The first-order valence-corrected chi connectivity index (χ1v) is 6.45. The quantitative estimate of drug-likeness (QED) is 0.898. The van der Waals surface area contributed by atoms with Crippen LogP contribution in [0, 0.1) is 5.41 Å². The van der Waals surface area contributed by atoms with E-state index in [0.717, 1.165) is 25.1 Å². The van der Waals surface area contributed by atoms with Gasteiger partial charge in [-0.3, -0.25) is 0 Å². The number of pyridine rings is 1. The molecule has 1 aliphatic rings. The average Bonchev–Trinajstić information content (AvgIpc) is 2.37. The van der Waals surface area contributed by atoms with Crippen LogP contribution in [0.3, 0.4) is 0 Å². The fourth-order valence-electron chi connectivity index (χ4n) is 2.12. The smallest absolute Gasteiger partial charge is 0.396 e. The van der Waals surface area contributed by atoms with Crippen LogP contribution in [-0.2, 0) is 10.9 Å². The van der Waals surface area contributed by atoms with Gasteiger partial charge in [0, 0.05) is 19.8 Å². The molecule has 1 aromatic rings. The van der Waals surface area contributed by atoms with E-state index in [1.54, 1.807) is 0 Å². The van der Waals surface area contributed by atoms with Crippen molar-refractivity contribution in [1.82, 2.24) is 4.98 Å². The summed E-state index contributed by atoms with van der Waals surface area (Å²) in [7, 11) is 0. The number of nitrogens with two attached hydrogens (primary N) is 1. The second-order valence-electron chi connectivity index (χ2n) is 5.43. The Morgan fingerprint density at radius 1 is 1.40 bits per heavy atom. The highest BCUT2D eigenvalue weighted by Crippen LogP contribution is 2.33. The van der Waals surface area contributed by atoms with Gasteiger partial charge in [0.05, 0.1) is 17.6 Å². The van der Waals surface area contributed by atoms with E-state index < -0.39 is 11.9 Å². The minimum Gasteiger partial charge on any atom is -0.396 e. The van der Waals surface area contributed by atoms with Gasteiger partial charge in [0.2, 0.25) is 0 Å². The lowest BCUT2D eigenvalue weighted by Crippen LogP contribution is -2.33. The number of aromatic nitrogens is 1. The second kappa shape index (κ2) is 5.47. The Balaban J connectivity index is 2.09. The lowest BCUT2D eigenvalue weighted by molar-refractivity contribution is -0.141. The van der Waals surface area contributed by atoms with Gasteiger partial charge >= 0.3 is 6.18 Å². The number of hydrogen-bond acceptors (Lipinski definition) is 4. The van der Waals surface area contributed by atoms with E-state index in [2.05, 4.69) is 17.2 Å². The molecule has 3 N–H and O–H groups in total. The van der Waals surface area contributed by atoms with E-state index >= 15 is 0 Å². The molecule has 1 aliphatic heterocycles. The molecule has 2 rings (SSSR count). The van der Waals surface area contributed by atoms with Gasteiger partial charge in [0.25, 0.3) is 0 Å². The Labute approximate surface area is 115 Å². The lowest BCUT2D eigenvalue weighted by Gasteiger charge is -2.34. The van der Waals surface area contributed by atoms with Crippen molar-refractivity contribution in [2.45, 2.75) is 25.9 Å². The normalized spacial score (nSPS) is 18.8. The molecule has 0 aliphatic carbocycles. The number of rotatable bonds is 3. The van der Waals surface area contributed by atoms with Crippen molar-refractivity contribution < 1.29 is 17.9 Å². The first kappa shape index (κ1) is 14.9. The Hall–Kier alpha value is -1.50. The van der Waals surface area contributed by atoms with Crippen LogP contribution in [0.5, 0.6) is 0 Å². The van der Waals surface area contributed by atoms with Gasteiger partial charge in [-0.2, -0.15) is 13.2 Å². The van der Waals surface area contributed by atoms with Gasteiger partial charge in [0.15, 0.2) is 0 Å². The minimum atomic E-state index is -4.47. The van der Waals surface area contributed by atoms with Crippen LogP contribution in [0.1, 0.15) is 25.5 Å². The molecule has 1 aromatic heterocycles. The molecule has 0 spiro atoms. The zero-order chi connectivity index (χ0) is 14.8. The molecular weight excluding hydrogens is 271 g/mol. The van der Waals surface area contributed by atoms with Crippen LogP contribution in [0.25, 0.3) is 0 Å². The highest BCUT2D eigenvalue weighted by atomic mass is 19.4. The van der Waals surface area contributed by atoms with E-state index in [4.69, 9.17) is 10.5 Å². The first-order chi connectivity index (χ1) is 9.30. The number of anilines is 2. The van der Waals surface area contributed by atoms with E-state index in [9.17, 15) is 13.2 Å². The predicted octanol–water partition coefficient (Wildman–Crippen LogP) is 2.91. The molecule has 0 aromatic carbocycles. The van der Waals surface area contributed by atoms with E-state index in [1.165, 1.54) is 0 Å². The number of nitrogens with zero attached hydrogens (tertiary/aromatic N) is 1. The highest BCUT2D eigenvalue weighted by Gasteiger charge is 2.33. The molecule has 0 radical (unpaired) electrons. The summed E-state index contributed by atoms with van der Waals surface area (Å²) in [5.41, 5.74) is 5.24. The Morgan fingerprint density at radius 3 is 2.65 bits per heavy atom. The summed E-state index contributed by atoms with van der Waals surface area (Å²) in [6.07, 6.45) is -1.68. The molecule has 0 bridgehead atoms. The number of nitrogens with one attached hydrogen (secondary N) is 1. The molecule has 1 fully saturated rings. The standard InChI is InChI=1S/C13H18F3N3O/c1-12(2-4-20-5-3-12)8-19-10-6-11(13(14,15)16)18-7-9(10)17/h6-7H,2-5,8,17H2,1H3,(H,18,19). The van der Waals surface area contributed by atoms with E-state index in [0.29, 0.717) is 19.8 Å². The van der Waals surface area contributed by atoms with Gasteiger partial charge in [-0.15, -0.1) is 0 Å². The highest BCUT2D eigenvalue weighted by molar-refractivity contribution is 5.65. The Morgan fingerprint density at radius 2 is 2.05 bits per heavy atom.